The zero-order valence-electron chi connectivity index (χ0n) is 11.9. The molecule has 0 amide bonds. The summed E-state index contributed by atoms with van der Waals surface area (Å²) >= 11 is 0. The molecule has 2 rings (SSSR count). The number of ether oxygens (including phenoxy) is 2. The number of benzene rings is 1. The standard InChI is InChI=1S/C14H21N3O2.HI/c1-10(2)5-6-16-14(15)17-8-11-3-4-12-13(7-11)19-9-18-12;/h3-4,7,10H,5-6,8-9H2,1-2H3,(H3,15,16,17);1H. The lowest BCUT2D eigenvalue weighted by atomic mass is 10.1. The molecule has 0 saturated heterocycles. The van der Waals surface area contributed by atoms with Crippen molar-refractivity contribution in [2.24, 2.45) is 16.6 Å². The molecule has 0 radical (unpaired) electrons. The third kappa shape index (κ3) is 5.07. The highest BCUT2D eigenvalue weighted by molar-refractivity contribution is 14.0. The summed E-state index contributed by atoms with van der Waals surface area (Å²) in [7, 11) is 0. The molecule has 1 aliphatic rings. The van der Waals surface area contributed by atoms with Gasteiger partial charge in [0.15, 0.2) is 17.5 Å². The molecule has 1 aromatic carbocycles. The predicted octanol–water partition coefficient (Wildman–Crippen LogP) is 2.48. The van der Waals surface area contributed by atoms with Crippen molar-refractivity contribution in [3.8, 4) is 11.5 Å². The fraction of sp³-hybridized carbons (Fsp3) is 0.500. The molecule has 0 aliphatic carbocycles. The molecule has 0 fully saturated rings. The molecule has 112 valence electrons. The first-order valence-electron chi connectivity index (χ1n) is 6.57. The minimum atomic E-state index is 0. The zero-order chi connectivity index (χ0) is 13.7. The van der Waals surface area contributed by atoms with Crippen LogP contribution in [-0.2, 0) is 6.54 Å². The summed E-state index contributed by atoms with van der Waals surface area (Å²) < 4.78 is 10.6. The van der Waals surface area contributed by atoms with Gasteiger partial charge in [-0.2, -0.15) is 0 Å². The highest BCUT2D eigenvalue weighted by atomic mass is 127. The molecule has 0 spiro atoms. The van der Waals surface area contributed by atoms with Crippen LogP contribution in [0.25, 0.3) is 0 Å². The first-order valence-corrected chi connectivity index (χ1v) is 6.57. The topological polar surface area (TPSA) is 68.9 Å². The maximum absolute atomic E-state index is 5.80. The van der Waals surface area contributed by atoms with E-state index in [2.05, 4.69) is 24.2 Å². The van der Waals surface area contributed by atoms with E-state index in [1.807, 2.05) is 18.2 Å². The Morgan fingerprint density at radius 3 is 2.85 bits per heavy atom. The molecule has 0 atom stereocenters. The lowest BCUT2D eigenvalue weighted by molar-refractivity contribution is 0.174. The van der Waals surface area contributed by atoms with E-state index in [9.17, 15) is 0 Å². The molecule has 0 unspecified atom stereocenters. The fourth-order valence-electron chi connectivity index (χ4n) is 1.76. The van der Waals surface area contributed by atoms with E-state index in [1.54, 1.807) is 0 Å². The van der Waals surface area contributed by atoms with Crippen molar-refractivity contribution in [3.63, 3.8) is 0 Å². The molecule has 20 heavy (non-hydrogen) atoms. The number of guanidine groups is 1. The van der Waals surface area contributed by atoms with Crippen LogP contribution < -0.4 is 20.5 Å². The van der Waals surface area contributed by atoms with E-state index in [-0.39, 0.29) is 24.0 Å². The maximum Gasteiger partial charge on any atom is 0.231 e. The second-order valence-corrected chi connectivity index (χ2v) is 5.00. The van der Waals surface area contributed by atoms with Gasteiger partial charge in [0.05, 0.1) is 6.54 Å². The number of fused-ring (bicyclic) bond motifs is 1. The Labute approximate surface area is 137 Å². The maximum atomic E-state index is 5.80. The van der Waals surface area contributed by atoms with Crippen LogP contribution in [0, 0.1) is 5.92 Å². The van der Waals surface area contributed by atoms with E-state index in [4.69, 9.17) is 15.2 Å². The summed E-state index contributed by atoms with van der Waals surface area (Å²) in [5.74, 6) is 2.71. The highest BCUT2D eigenvalue weighted by Gasteiger charge is 2.12. The van der Waals surface area contributed by atoms with Crippen LogP contribution in [0.5, 0.6) is 11.5 Å². The average Bonchev–Trinajstić information content (AvgIpc) is 2.83. The van der Waals surface area contributed by atoms with Gasteiger partial charge in [0.1, 0.15) is 0 Å². The fourth-order valence-corrected chi connectivity index (χ4v) is 1.76. The van der Waals surface area contributed by atoms with Crippen LogP contribution >= 0.6 is 24.0 Å². The molecule has 1 heterocycles. The second kappa shape index (κ2) is 8.18. The normalized spacial score (nSPS) is 13.2. The molecule has 0 saturated carbocycles. The number of nitrogens with two attached hydrogens (primary N) is 1. The molecule has 1 aliphatic heterocycles. The van der Waals surface area contributed by atoms with Gasteiger partial charge in [0, 0.05) is 6.54 Å². The SMILES string of the molecule is CC(C)CCNC(N)=NCc1ccc2c(c1)OCO2.I. The number of nitrogens with zero attached hydrogens (tertiary/aromatic N) is 1. The monoisotopic (exact) mass is 391 g/mol. The Balaban J connectivity index is 0.00000200. The van der Waals surface area contributed by atoms with Crippen molar-refractivity contribution < 1.29 is 9.47 Å². The molecule has 3 N–H and O–H groups in total. The van der Waals surface area contributed by atoms with E-state index in [1.165, 1.54) is 0 Å². The highest BCUT2D eigenvalue weighted by Crippen LogP contribution is 2.32. The third-order valence-corrected chi connectivity index (χ3v) is 2.90. The average molecular weight is 391 g/mol. The summed E-state index contributed by atoms with van der Waals surface area (Å²) in [6, 6.07) is 5.81. The van der Waals surface area contributed by atoms with Gasteiger partial charge >= 0.3 is 0 Å². The molecule has 6 heteroatoms. The minimum Gasteiger partial charge on any atom is -0.454 e. The molecule has 1 aromatic rings. The minimum absolute atomic E-state index is 0. The van der Waals surface area contributed by atoms with Crippen LogP contribution in [0.4, 0.5) is 0 Å². The van der Waals surface area contributed by atoms with E-state index in [0.717, 1.165) is 30.0 Å². The number of halogens is 1. The van der Waals surface area contributed by atoms with Gasteiger partial charge < -0.3 is 20.5 Å². The first kappa shape index (κ1) is 16.9. The van der Waals surface area contributed by atoms with Crippen molar-refractivity contribution in [1.29, 1.82) is 0 Å². The van der Waals surface area contributed by atoms with Gasteiger partial charge in [-0.3, -0.25) is 0 Å². The Hall–Kier alpha value is -1.18. The summed E-state index contributed by atoms with van der Waals surface area (Å²) in [6.07, 6.45) is 1.08. The van der Waals surface area contributed by atoms with Crippen molar-refractivity contribution in [1.82, 2.24) is 5.32 Å². The quantitative estimate of drug-likeness (QED) is 0.460. The van der Waals surface area contributed by atoms with Crippen molar-refractivity contribution >= 4 is 29.9 Å². The van der Waals surface area contributed by atoms with Gasteiger partial charge in [-0.05, 0) is 30.0 Å². The molecule has 0 aromatic heterocycles. The predicted molar refractivity (Wildman–Crippen MR) is 90.8 cm³/mol. The van der Waals surface area contributed by atoms with Crippen molar-refractivity contribution in [2.45, 2.75) is 26.8 Å². The number of nitrogens with one attached hydrogen (secondary N) is 1. The third-order valence-electron chi connectivity index (χ3n) is 2.90. The molecule has 5 nitrogen and oxygen atoms in total. The smallest absolute Gasteiger partial charge is 0.231 e. The number of hydrogen-bond donors (Lipinski definition) is 2. The number of aliphatic imine (C=N–C) groups is 1. The Kier molecular flexibility index (Phi) is 6.90. The number of rotatable bonds is 5. The van der Waals surface area contributed by atoms with Gasteiger partial charge in [-0.1, -0.05) is 19.9 Å². The van der Waals surface area contributed by atoms with Crippen LogP contribution in [0.1, 0.15) is 25.8 Å². The van der Waals surface area contributed by atoms with Crippen LogP contribution in [-0.4, -0.2) is 19.3 Å². The summed E-state index contributed by atoms with van der Waals surface area (Å²) in [5, 5.41) is 3.11. The van der Waals surface area contributed by atoms with E-state index in [0.29, 0.717) is 25.2 Å². The van der Waals surface area contributed by atoms with Crippen molar-refractivity contribution in [3.05, 3.63) is 23.8 Å². The van der Waals surface area contributed by atoms with Crippen LogP contribution in [0.3, 0.4) is 0 Å². The largest absolute Gasteiger partial charge is 0.454 e. The Bertz CT molecular complexity index is 464. The van der Waals surface area contributed by atoms with Gasteiger partial charge in [-0.25, -0.2) is 4.99 Å². The van der Waals surface area contributed by atoms with Crippen molar-refractivity contribution in [2.75, 3.05) is 13.3 Å². The van der Waals surface area contributed by atoms with Crippen LogP contribution in [0.15, 0.2) is 23.2 Å². The van der Waals surface area contributed by atoms with Gasteiger partial charge in [-0.15, -0.1) is 24.0 Å². The Morgan fingerprint density at radius 1 is 1.35 bits per heavy atom. The summed E-state index contributed by atoms with van der Waals surface area (Å²) in [5.41, 5.74) is 6.86. The van der Waals surface area contributed by atoms with E-state index < -0.39 is 0 Å². The lowest BCUT2D eigenvalue weighted by Gasteiger charge is -2.07. The molecule has 0 bridgehead atoms. The Morgan fingerprint density at radius 2 is 2.10 bits per heavy atom. The van der Waals surface area contributed by atoms with E-state index >= 15 is 0 Å². The van der Waals surface area contributed by atoms with Gasteiger partial charge in [0.25, 0.3) is 0 Å². The van der Waals surface area contributed by atoms with Gasteiger partial charge in [0.2, 0.25) is 6.79 Å². The first-order chi connectivity index (χ1) is 9.15. The molecular weight excluding hydrogens is 369 g/mol. The lowest BCUT2D eigenvalue weighted by Crippen LogP contribution is -2.32. The molecular formula is C14H22IN3O2. The summed E-state index contributed by atoms with van der Waals surface area (Å²) in [6.45, 7) is 6.05. The number of hydrogen-bond acceptors (Lipinski definition) is 3. The zero-order valence-corrected chi connectivity index (χ0v) is 14.2. The summed E-state index contributed by atoms with van der Waals surface area (Å²) in [4.78, 5) is 4.30. The second-order valence-electron chi connectivity index (χ2n) is 5.00. The van der Waals surface area contributed by atoms with Crippen LogP contribution in [0.2, 0.25) is 0 Å².